The van der Waals surface area contributed by atoms with E-state index in [1.165, 1.54) is 11.3 Å². The number of benzene rings is 2. The summed E-state index contributed by atoms with van der Waals surface area (Å²) in [6, 6.07) is 13.4. The van der Waals surface area contributed by atoms with Crippen molar-refractivity contribution < 1.29 is 19.0 Å². The molecule has 5 nitrogen and oxygen atoms in total. The predicted octanol–water partition coefficient (Wildman–Crippen LogP) is 4.64. The molecule has 0 saturated heterocycles. The van der Waals surface area contributed by atoms with Gasteiger partial charge in [0.25, 0.3) is 5.91 Å². The van der Waals surface area contributed by atoms with Gasteiger partial charge in [-0.15, -0.1) is 11.3 Å². The highest BCUT2D eigenvalue weighted by molar-refractivity contribution is 7.17. The zero-order valence-corrected chi connectivity index (χ0v) is 15.5. The molecule has 3 heterocycles. The lowest BCUT2D eigenvalue weighted by atomic mass is 10.0. The van der Waals surface area contributed by atoms with Crippen LogP contribution in [0.2, 0.25) is 0 Å². The quantitative estimate of drug-likeness (QED) is 0.705. The number of nitrogens with one attached hydrogen (secondary N) is 1. The van der Waals surface area contributed by atoms with Crippen molar-refractivity contribution in [3.05, 3.63) is 58.5 Å². The first-order valence-electron chi connectivity index (χ1n) is 8.75. The molecule has 136 valence electrons. The average molecular weight is 379 g/mol. The van der Waals surface area contributed by atoms with Crippen LogP contribution in [0.25, 0.3) is 10.4 Å². The van der Waals surface area contributed by atoms with Crippen LogP contribution in [0.5, 0.6) is 17.2 Å². The van der Waals surface area contributed by atoms with Gasteiger partial charge in [0, 0.05) is 27.8 Å². The molecule has 6 heteroatoms. The van der Waals surface area contributed by atoms with Crippen LogP contribution in [0.1, 0.15) is 20.8 Å². The summed E-state index contributed by atoms with van der Waals surface area (Å²) in [7, 11) is 0. The maximum Gasteiger partial charge on any atom is 0.265 e. The molecule has 5 rings (SSSR count). The summed E-state index contributed by atoms with van der Waals surface area (Å²) in [4.78, 5) is 14.6. The first-order chi connectivity index (χ1) is 13.2. The summed E-state index contributed by atoms with van der Waals surface area (Å²) in [5.74, 6) is 2.10. The largest absolute Gasteiger partial charge is 0.488 e. The lowest BCUT2D eigenvalue weighted by Gasteiger charge is -2.19. The summed E-state index contributed by atoms with van der Waals surface area (Å²) < 4.78 is 16.9. The number of hydrogen-bond donors (Lipinski definition) is 1. The molecule has 27 heavy (non-hydrogen) atoms. The zero-order chi connectivity index (χ0) is 18.4. The normalized spacial score (nSPS) is 14.0. The van der Waals surface area contributed by atoms with Crippen molar-refractivity contribution in [2.24, 2.45) is 0 Å². The highest BCUT2D eigenvalue weighted by Crippen LogP contribution is 2.44. The van der Waals surface area contributed by atoms with Crippen LogP contribution in [0, 0.1) is 6.92 Å². The summed E-state index contributed by atoms with van der Waals surface area (Å²) in [5, 5.41) is 2.95. The molecule has 0 fully saturated rings. The summed E-state index contributed by atoms with van der Waals surface area (Å²) >= 11 is 1.50. The Labute approximate surface area is 160 Å². The Balaban J connectivity index is 1.43. The van der Waals surface area contributed by atoms with Gasteiger partial charge in [-0.1, -0.05) is 12.1 Å². The fraction of sp³-hybridized carbons (Fsp3) is 0.190. The van der Waals surface area contributed by atoms with Crippen molar-refractivity contribution in [2.75, 3.05) is 18.5 Å². The van der Waals surface area contributed by atoms with Gasteiger partial charge in [0.15, 0.2) is 11.5 Å². The lowest BCUT2D eigenvalue weighted by Crippen LogP contribution is -2.16. The topological polar surface area (TPSA) is 56.8 Å². The average Bonchev–Trinajstić information content (AvgIpc) is 3.12. The molecule has 0 radical (unpaired) electrons. The minimum absolute atomic E-state index is 0.138. The number of aryl methyl sites for hydroxylation is 1. The number of fused-ring (bicyclic) bond motifs is 4. The maximum absolute atomic E-state index is 12.8. The van der Waals surface area contributed by atoms with Gasteiger partial charge in [0.05, 0.1) is 4.88 Å². The van der Waals surface area contributed by atoms with E-state index in [4.69, 9.17) is 14.2 Å². The van der Waals surface area contributed by atoms with E-state index in [1.807, 2.05) is 30.3 Å². The summed E-state index contributed by atoms with van der Waals surface area (Å²) in [5.41, 5.74) is 3.97. The van der Waals surface area contributed by atoms with E-state index < -0.39 is 0 Å². The Kier molecular flexibility index (Phi) is 3.79. The Morgan fingerprint density at radius 1 is 1.00 bits per heavy atom. The Morgan fingerprint density at radius 2 is 1.85 bits per heavy atom. The van der Waals surface area contributed by atoms with Crippen LogP contribution in [0.3, 0.4) is 0 Å². The molecule has 2 aliphatic rings. The Hall–Kier alpha value is -2.99. The SMILES string of the molecule is Cc1cccc2c1-c1sc(C(=O)Nc3ccc4c(c3)OCCO4)cc1CO2. The van der Waals surface area contributed by atoms with E-state index in [9.17, 15) is 4.79 Å². The third kappa shape index (κ3) is 2.82. The molecule has 2 aromatic carbocycles. The highest BCUT2D eigenvalue weighted by atomic mass is 32.1. The van der Waals surface area contributed by atoms with E-state index in [0.717, 1.165) is 27.3 Å². The number of amides is 1. The number of thiophene rings is 1. The number of rotatable bonds is 2. The molecule has 1 N–H and O–H groups in total. The van der Waals surface area contributed by atoms with Crippen molar-refractivity contribution in [2.45, 2.75) is 13.5 Å². The standard InChI is InChI=1S/C21H17NO4S/c1-12-3-2-4-16-19(12)20-13(11-26-16)9-18(27-20)21(23)22-14-5-6-15-17(10-14)25-8-7-24-15/h2-6,9-10H,7-8,11H2,1H3,(H,22,23). The molecular weight excluding hydrogens is 362 g/mol. The smallest absolute Gasteiger partial charge is 0.265 e. The monoisotopic (exact) mass is 379 g/mol. The second-order valence-electron chi connectivity index (χ2n) is 6.51. The molecule has 0 bridgehead atoms. The van der Waals surface area contributed by atoms with Crippen molar-refractivity contribution in [1.82, 2.24) is 0 Å². The molecule has 0 atom stereocenters. The van der Waals surface area contributed by atoms with Gasteiger partial charge in [-0.05, 0) is 36.8 Å². The zero-order valence-electron chi connectivity index (χ0n) is 14.7. The molecule has 0 saturated carbocycles. The van der Waals surface area contributed by atoms with E-state index >= 15 is 0 Å². The molecule has 0 spiro atoms. The van der Waals surface area contributed by atoms with Crippen LogP contribution >= 0.6 is 11.3 Å². The number of hydrogen-bond acceptors (Lipinski definition) is 5. The predicted molar refractivity (Wildman–Crippen MR) is 104 cm³/mol. The lowest BCUT2D eigenvalue weighted by molar-refractivity contribution is 0.103. The third-order valence-electron chi connectivity index (χ3n) is 4.68. The van der Waals surface area contributed by atoms with E-state index in [0.29, 0.717) is 41.9 Å². The maximum atomic E-state index is 12.8. The van der Waals surface area contributed by atoms with E-state index in [1.54, 1.807) is 6.07 Å². The minimum atomic E-state index is -0.138. The van der Waals surface area contributed by atoms with Crippen molar-refractivity contribution in [3.8, 4) is 27.7 Å². The van der Waals surface area contributed by atoms with Gasteiger partial charge in [-0.3, -0.25) is 4.79 Å². The number of carbonyl (C=O) groups excluding carboxylic acids is 1. The fourth-order valence-corrected chi connectivity index (χ4v) is 4.56. The van der Waals surface area contributed by atoms with Crippen LogP contribution in [0.15, 0.2) is 42.5 Å². The van der Waals surface area contributed by atoms with E-state index in [2.05, 4.69) is 18.3 Å². The molecule has 0 unspecified atom stereocenters. The van der Waals surface area contributed by atoms with Crippen LogP contribution in [-0.4, -0.2) is 19.1 Å². The van der Waals surface area contributed by atoms with E-state index in [-0.39, 0.29) is 5.91 Å². The first-order valence-corrected chi connectivity index (χ1v) is 9.57. The van der Waals surface area contributed by atoms with Crippen LogP contribution in [0.4, 0.5) is 5.69 Å². The summed E-state index contributed by atoms with van der Waals surface area (Å²) in [6.07, 6.45) is 0. The van der Waals surface area contributed by atoms with Gasteiger partial charge in [0.1, 0.15) is 25.6 Å². The van der Waals surface area contributed by atoms with Crippen molar-refractivity contribution >= 4 is 22.9 Å². The van der Waals surface area contributed by atoms with Crippen molar-refractivity contribution in [1.29, 1.82) is 0 Å². The number of anilines is 1. The van der Waals surface area contributed by atoms with Gasteiger partial charge in [-0.2, -0.15) is 0 Å². The molecule has 0 aliphatic carbocycles. The molecule has 2 aliphatic heterocycles. The molecule has 1 aromatic heterocycles. The second-order valence-corrected chi connectivity index (χ2v) is 7.57. The highest BCUT2D eigenvalue weighted by Gasteiger charge is 2.24. The minimum Gasteiger partial charge on any atom is -0.488 e. The molecule has 3 aromatic rings. The van der Waals surface area contributed by atoms with Gasteiger partial charge in [-0.25, -0.2) is 0 Å². The van der Waals surface area contributed by atoms with Crippen LogP contribution in [-0.2, 0) is 6.61 Å². The molecular formula is C21H17NO4S. The van der Waals surface area contributed by atoms with Crippen LogP contribution < -0.4 is 19.5 Å². The fourth-order valence-electron chi connectivity index (χ4n) is 3.38. The number of carbonyl (C=O) groups is 1. The third-order valence-corrected chi connectivity index (χ3v) is 5.87. The van der Waals surface area contributed by atoms with Crippen molar-refractivity contribution in [3.63, 3.8) is 0 Å². The first kappa shape index (κ1) is 16.2. The molecule has 1 amide bonds. The van der Waals surface area contributed by atoms with Gasteiger partial charge in [0.2, 0.25) is 0 Å². The summed E-state index contributed by atoms with van der Waals surface area (Å²) in [6.45, 7) is 3.61. The van der Waals surface area contributed by atoms with Gasteiger partial charge >= 0.3 is 0 Å². The second kappa shape index (κ2) is 6.32. The Bertz CT molecular complexity index is 1060. The number of ether oxygens (including phenoxy) is 3. The van der Waals surface area contributed by atoms with Gasteiger partial charge < -0.3 is 19.5 Å². The Morgan fingerprint density at radius 3 is 2.74 bits per heavy atom.